The Morgan fingerprint density at radius 2 is 1.81 bits per heavy atom. The fourth-order valence-electron chi connectivity index (χ4n) is 1.61. The van der Waals surface area contributed by atoms with Crippen molar-refractivity contribution in [2.24, 2.45) is 0 Å². The summed E-state index contributed by atoms with van der Waals surface area (Å²) in [7, 11) is 0. The molecule has 1 nitrogen and oxygen atoms in total. The third-order valence-electron chi connectivity index (χ3n) is 2.65. The van der Waals surface area contributed by atoms with Gasteiger partial charge in [-0.15, -0.1) is 11.8 Å². The summed E-state index contributed by atoms with van der Waals surface area (Å²) in [6.45, 7) is 4.66. The number of unbranched alkanes of at least 4 members (excludes halogenated alkanes) is 3. The number of hydrogen-bond acceptors (Lipinski definition) is 2. The van der Waals surface area contributed by atoms with Crippen LogP contribution in [0.25, 0.3) is 0 Å². The lowest BCUT2D eigenvalue weighted by atomic mass is 10.2. The minimum atomic E-state index is 0.337. The van der Waals surface area contributed by atoms with E-state index >= 15 is 0 Å². The van der Waals surface area contributed by atoms with Crippen LogP contribution >= 0.6 is 11.8 Å². The number of hydrogen-bond donors (Lipinski definition) is 1. The molecule has 1 aromatic rings. The van der Waals surface area contributed by atoms with Gasteiger partial charge in [0, 0.05) is 11.5 Å². The highest BCUT2D eigenvalue weighted by atomic mass is 32.2. The SMILES string of the molecule is Cc1ccc(C)c(SCCCCCCO)c1. The van der Waals surface area contributed by atoms with Gasteiger partial charge < -0.3 is 5.11 Å². The van der Waals surface area contributed by atoms with Crippen molar-refractivity contribution in [3.8, 4) is 0 Å². The van der Waals surface area contributed by atoms with Crippen LogP contribution in [-0.4, -0.2) is 17.5 Å². The minimum absolute atomic E-state index is 0.337. The van der Waals surface area contributed by atoms with Gasteiger partial charge in [0.25, 0.3) is 0 Å². The standard InChI is InChI=1S/C14H22OS/c1-12-7-8-13(2)14(11-12)16-10-6-4-3-5-9-15/h7-8,11,15H,3-6,9-10H2,1-2H3. The lowest BCUT2D eigenvalue weighted by molar-refractivity contribution is 0.283. The quantitative estimate of drug-likeness (QED) is 0.573. The normalized spacial score (nSPS) is 10.7. The van der Waals surface area contributed by atoms with Gasteiger partial charge in [0.1, 0.15) is 0 Å². The number of aryl methyl sites for hydroxylation is 2. The van der Waals surface area contributed by atoms with Gasteiger partial charge in [-0.2, -0.15) is 0 Å². The Morgan fingerprint density at radius 3 is 2.56 bits per heavy atom. The van der Waals surface area contributed by atoms with Gasteiger partial charge in [-0.05, 0) is 44.1 Å². The summed E-state index contributed by atoms with van der Waals surface area (Å²) in [5.41, 5.74) is 2.72. The zero-order valence-corrected chi connectivity index (χ0v) is 11.1. The fourth-order valence-corrected chi connectivity index (χ4v) is 2.75. The average molecular weight is 238 g/mol. The molecule has 0 amide bonds. The highest BCUT2D eigenvalue weighted by Crippen LogP contribution is 2.24. The molecule has 0 aliphatic heterocycles. The highest BCUT2D eigenvalue weighted by Gasteiger charge is 1.99. The summed E-state index contributed by atoms with van der Waals surface area (Å²) < 4.78 is 0. The van der Waals surface area contributed by atoms with Gasteiger partial charge in [-0.1, -0.05) is 30.5 Å². The number of benzene rings is 1. The molecule has 0 bridgehead atoms. The molecule has 0 heterocycles. The molecule has 1 rings (SSSR count). The Balaban J connectivity index is 2.23. The highest BCUT2D eigenvalue weighted by molar-refractivity contribution is 7.99. The molecule has 0 aromatic heterocycles. The van der Waals surface area contributed by atoms with E-state index < -0.39 is 0 Å². The molecular weight excluding hydrogens is 216 g/mol. The molecule has 0 radical (unpaired) electrons. The third kappa shape index (κ3) is 5.04. The molecule has 0 aliphatic rings. The first kappa shape index (κ1) is 13.6. The molecule has 16 heavy (non-hydrogen) atoms. The molecule has 0 aliphatic carbocycles. The van der Waals surface area contributed by atoms with Crippen LogP contribution in [0, 0.1) is 13.8 Å². The Labute approximate surface area is 103 Å². The molecular formula is C14H22OS. The Morgan fingerprint density at radius 1 is 1.06 bits per heavy atom. The van der Waals surface area contributed by atoms with Crippen LogP contribution in [-0.2, 0) is 0 Å². The van der Waals surface area contributed by atoms with Crippen molar-refractivity contribution < 1.29 is 5.11 Å². The van der Waals surface area contributed by atoms with Gasteiger partial charge in [-0.25, -0.2) is 0 Å². The summed E-state index contributed by atoms with van der Waals surface area (Å²) in [6.07, 6.45) is 4.59. The third-order valence-corrected chi connectivity index (χ3v) is 3.90. The van der Waals surface area contributed by atoms with E-state index in [1.165, 1.54) is 34.6 Å². The van der Waals surface area contributed by atoms with Crippen molar-refractivity contribution >= 4 is 11.8 Å². The smallest absolute Gasteiger partial charge is 0.0431 e. The van der Waals surface area contributed by atoms with Gasteiger partial charge in [0.05, 0.1) is 0 Å². The number of thioether (sulfide) groups is 1. The summed E-state index contributed by atoms with van der Waals surface area (Å²) >= 11 is 1.96. The second kappa shape index (κ2) is 7.75. The zero-order chi connectivity index (χ0) is 11.8. The molecule has 2 heteroatoms. The van der Waals surface area contributed by atoms with Crippen LogP contribution in [0.1, 0.15) is 36.8 Å². The van der Waals surface area contributed by atoms with Crippen molar-refractivity contribution in [3.05, 3.63) is 29.3 Å². The maximum Gasteiger partial charge on any atom is 0.0431 e. The van der Waals surface area contributed by atoms with E-state index in [4.69, 9.17) is 5.11 Å². The molecule has 0 fully saturated rings. The first-order valence-corrected chi connectivity index (χ1v) is 7.03. The van der Waals surface area contributed by atoms with E-state index in [2.05, 4.69) is 32.0 Å². The zero-order valence-electron chi connectivity index (χ0n) is 10.3. The van der Waals surface area contributed by atoms with Crippen LogP contribution in [0.5, 0.6) is 0 Å². The Hall–Kier alpha value is -0.470. The van der Waals surface area contributed by atoms with Gasteiger partial charge >= 0.3 is 0 Å². The van der Waals surface area contributed by atoms with Crippen LogP contribution < -0.4 is 0 Å². The number of aliphatic hydroxyl groups excluding tert-OH is 1. The van der Waals surface area contributed by atoms with Crippen LogP contribution in [0.2, 0.25) is 0 Å². The summed E-state index contributed by atoms with van der Waals surface area (Å²) in [5, 5.41) is 8.66. The molecule has 1 N–H and O–H groups in total. The molecule has 0 saturated heterocycles. The van der Waals surface area contributed by atoms with E-state index in [1.54, 1.807) is 0 Å². The lowest BCUT2D eigenvalue weighted by Crippen LogP contribution is -1.87. The van der Waals surface area contributed by atoms with E-state index in [1.807, 2.05) is 11.8 Å². The fraction of sp³-hybridized carbons (Fsp3) is 0.571. The van der Waals surface area contributed by atoms with Crippen LogP contribution in [0.3, 0.4) is 0 Å². The maximum absolute atomic E-state index is 8.66. The Bertz CT molecular complexity index is 310. The van der Waals surface area contributed by atoms with E-state index in [0.29, 0.717) is 6.61 Å². The van der Waals surface area contributed by atoms with Crippen LogP contribution in [0.4, 0.5) is 0 Å². The van der Waals surface area contributed by atoms with Crippen molar-refractivity contribution in [1.29, 1.82) is 0 Å². The maximum atomic E-state index is 8.66. The van der Waals surface area contributed by atoms with Crippen molar-refractivity contribution in [2.45, 2.75) is 44.4 Å². The molecule has 0 unspecified atom stereocenters. The predicted octanol–water partition coefficient (Wildman–Crippen LogP) is 3.95. The largest absolute Gasteiger partial charge is 0.396 e. The monoisotopic (exact) mass is 238 g/mol. The van der Waals surface area contributed by atoms with E-state index in [0.717, 1.165) is 12.8 Å². The van der Waals surface area contributed by atoms with Gasteiger partial charge in [0.15, 0.2) is 0 Å². The summed E-state index contributed by atoms with van der Waals surface area (Å²) in [4.78, 5) is 1.42. The minimum Gasteiger partial charge on any atom is -0.396 e. The topological polar surface area (TPSA) is 20.2 Å². The predicted molar refractivity (Wildman–Crippen MR) is 72.2 cm³/mol. The second-order valence-electron chi connectivity index (χ2n) is 4.26. The van der Waals surface area contributed by atoms with Crippen molar-refractivity contribution in [2.75, 3.05) is 12.4 Å². The van der Waals surface area contributed by atoms with E-state index in [-0.39, 0.29) is 0 Å². The molecule has 0 saturated carbocycles. The van der Waals surface area contributed by atoms with Crippen molar-refractivity contribution in [3.63, 3.8) is 0 Å². The lowest BCUT2D eigenvalue weighted by Gasteiger charge is -2.06. The summed E-state index contributed by atoms with van der Waals surface area (Å²) in [5.74, 6) is 1.19. The van der Waals surface area contributed by atoms with Crippen LogP contribution in [0.15, 0.2) is 23.1 Å². The average Bonchev–Trinajstić information content (AvgIpc) is 2.28. The second-order valence-corrected chi connectivity index (χ2v) is 5.39. The van der Waals surface area contributed by atoms with Crippen molar-refractivity contribution in [1.82, 2.24) is 0 Å². The molecule has 0 atom stereocenters. The number of rotatable bonds is 7. The molecule has 90 valence electrons. The Kier molecular flexibility index (Phi) is 6.58. The van der Waals surface area contributed by atoms with E-state index in [9.17, 15) is 0 Å². The molecule has 0 spiro atoms. The van der Waals surface area contributed by atoms with Gasteiger partial charge in [-0.3, -0.25) is 0 Å². The summed E-state index contributed by atoms with van der Waals surface area (Å²) in [6, 6.07) is 6.64. The van der Waals surface area contributed by atoms with Gasteiger partial charge in [0.2, 0.25) is 0 Å². The number of aliphatic hydroxyl groups is 1. The molecule has 1 aromatic carbocycles. The first-order chi connectivity index (χ1) is 7.74. The first-order valence-electron chi connectivity index (χ1n) is 6.05.